The van der Waals surface area contributed by atoms with Gasteiger partial charge in [-0.3, -0.25) is 4.31 Å². The van der Waals surface area contributed by atoms with Crippen LogP contribution in [0, 0.1) is 6.92 Å². The second-order valence-corrected chi connectivity index (χ2v) is 10.5. The van der Waals surface area contributed by atoms with Gasteiger partial charge in [-0.15, -0.1) is 0 Å². The zero-order chi connectivity index (χ0) is 22.4. The van der Waals surface area contributed by atoms with Gasteiger partial charge in [0.05, 0.1) is 11.5 Å². The fourth-order valence-corrected chi connectivity index (χ4v) is 5.83. The molecule has 2 aliphatic rings. The molecule has 1 saturated heterocycles. The predicted octanol–water partition coefficient (Wildman–Crippen LogP) is 5.38. The van der Waals surface area contributed by atoms with Gasteiger partial charge in [-0.2, -0.15) is 0 Å². The number of nitrogens with zero attached hydrogens (tertiary/aromatic N) is 1. The SMILES string of the molecule is Cc1ccc(S(=O)(=O)N2C=C(CCCOC3CCCCO3)C(c3ccccc3)CC2)cc1. The normalized spacial score (nSPS) is 21.9. The average molecular weight is 456 g/mol. The lowest BCUT2D eigenvalue weighted by atomic mass is 9.85. The molecule has 6 heteroatoms. The zero-order valence-electron chi connectivity index (χ0n) is 18.8. The van der Waals surface area contributed by atoms with Crippen LogP contribution in [0.15, 0.2) is 71.3 Å². The molecular formula is C26H33NO4S. The van der Waals surface area contributed by atoms with Gasteiger partial charge in [0, 0.05) is 25.3 Å². The molecule has 4 rings (SSSR count). The van der Waals surface area contributed by atoms with Crippen molar-refractivity contribution in [2.45, 2.75) is 62.6 Å². The van der Waals surface area contributed by atoms with Crippen LogP contribution in [-0.2, 0) is 19.5 Å². The molecule has 5 nitrogen and oxygen atoms in total. The van der Waals surface area contributed by atoms with Crippen LogP contribution in [0.4, 0.5) is 0 Å². The molecule has 2 atom stereocenters. The highest BCUT2D eigenvalue weighted by atomic mass is 32.2. The van der Waals surface area contributed by atoms with Gasteiger partial charge in [-0.25, -0.2) is 8.42 Å². The summed E-state index contributed by atoms with van der Waals surface area (Å²) in [5, 5.41) is 0. The Morgan fingerprint density at radius 2 is 1.81 bits per heavy atom. The Balaban J connectivity index is 1.49. The highest BCUT2D eigenvalue weighted by Crippen LogP contribution is 2.36. The van der Waals surface area contributed by atoms with E-state index in [0.717, 1.165) is 56.3 Å². The van der Waals surface area contributed by atoms with Crippen molar-refractivity contribution in [3.05, 3.63) is 77.5 Å². The largest absolute Gasteiger partial charge is 0.353 e. The van der Waals surface area contributed by atoms with E-state index >= 15 is 0 Å². The maximum absolute atomic E-state index is 13.3. The van der Waals surface area contributed by atoms with Crippen LogP contribution in [0.1, 0.15) is 55.6 Å². The number of aryl methyl sites for hydroxylation is 1. The molecule has 0 aromatic heterocycles. The maximum Gasteiger partial charge on any atom is 0.263 e. The third-order valence-electron chi connectivity index (χ3n) is 6.28. The van der Waals surface area contributed by atoms with Gasteiger partial charge in [0.2, 0.25) is 0 Å². The number of hydrogen-bond acceptors (Lipinski definition) is 4. The summed E-state index contributed by atoms with van der Waals surface area (Å²) in [6.45, 7) is 3.83. The molecule has 0 N–H and O–H groups in total. The van der Waals surface area contributed by atoms with Crippen LogP contribution in [0.3, 0.4) is 0 Å². The first kappa shape index (κ1) is 23.0. The van der Waals surface area contributed by atoms with E-state index in [1.165, 1.54) is 9.87 Å². The first-order valence-corrected chi connectivity index (χ1v) is 13.1. The van der Waals surface area contributed by atoms with Crippen molar-refractivity contribution in [1.82, 2.24) is 4.31 Å². The minimum Gasteiger partial charge on any atom is -0.353 e. The molecule has 32 heavy (non-hydrogen) atoms. The van der Waals surface area contributed by atoms with Crippen LogP contribution < -0.4 is 0 Å². The number of benzene rings is 2. The van der Waals surface area contributed by atoms with E-state index in [1.807, 2.05) is 43.5 Å². The van der Waals surface area contributed by atoms with E-state index in [2.05, 4.69) is 12.1 Å². The fraction of sp³-hybridized carbons (Fsp3) is 0.462. The zero-order valence-corrected chi connectivity index (χ0v) is 19.6. The van der Waals surface area contributed by atoms with E-state index in [9.17, 15) is 8.42 Å². The van der Waals surface area contributed by atoms with Crippen molar-refractivity contribution in [3.8, 4) is 0 Å². The summed E-state index contributed by atoms with van der Waals surface area (Å²) >= 11 is 0. The number of ether oxygens (including phenoxy) is 2. The molecule has 2 aromatic rings. The van der Waals surface area contributed by atoms with Gasteiger partial charge in [-0.1, -0.05) is 48.0 Å². The van der Waals surface area contributed by atoms with E-state index in [-0.39, 0.29) is 12.2 Å². The summed E-state index contributed by atoms with van der Waals surface area (Å²) in [6, 6.07) is 17.5. The Bertz CT molecular complexity index is 996. The van der Waals surface area contributed by atoms with Gasteiger partial charge in [-0.05, 0) is 68.7 Å². The van der Waals surface area contributed by atoms with E-state index < -0.39 is 10.0 Å². The van der Waals surface area contributed by atoms with Crippen molar-refractivity contribution in [2.75, 3.05) is 19.8 Å². The molecule has 1 fully saturated rings. The van der Waals surface area contributed by atoms with Gasteiger partial charge in [0.25, 0.3) is 10.0 Å². The van der Waals surface area contributed by atoms with Gasteiger partial charge < -0.3 is 9.47 Å². The molecule has 172 valence electrons. The number of sulfonamides is 1. The summed E-state index contributed by atoms with van der Waals surface area (Å²) in [5.41, 5.74) is 3.43. The summed E-state index contributed by atoms with van der Waals surface area (Å²) in [7, 11) is -3.56. The summed E-state index contributed by atoms with van der Waals surface area (Å²) in [4.78, 5) is 0.342. The van der Waals surface area contributed by atoms with Crippen molar-refractivity contribution < 1.29 is 17.9 Å². The molecule has 0 spiro atoms. The maximum atomic E-state index is 13.3. The van der Waals surface area contributed by atoms with Crippen LogP contribution in [0.25, 0.3) is 0 Å². The minimum atomic E-state index is -3.56. The Morgan fingerprint density at radius 1 is 1.03 bits per heavy atom. The third kappa shape index (κ3) is 5.61. The third-order valence-corrected chi connectivity index (χ3v) is 8.05. The fourth-order valence-electron chi connectivity index (χ4n) is 4.45. The molecule has 2 heterocycles. The second kappa shape index (κ2) is 10.6. The minimum absolute atomic E-state index is 0.0904. The molecule has 0 aliphatic carbocycles. The molecule has 2 unspecified atom stereocenters. The van der Waals surface area contributed by atoms with Crippen molar-refractivity contribution >= 4 is 10.0 Å². The molecule has 0 saturated carbocycles. The average Bonchev–Trinajstić information content (AvgIpc) is 2.83. The Morgan fingerprint density at radius 3 is 2.53 bits per heavy atom. The summed E-state index contributed by atoms with van der Waals surface area (Å²) < 4.78 is 39.6. The first-order valence-electron chi connectivity index (χ1n) is 11.6. The molecule has 0 radical (unpaired) electrons. The Hall–Kier alpha value is -2.15. The molecule has 0 bridgehead atoms. The molecule has 2 aliphatic heterocycles. The highest BCUT2D eigenvalue weighted by Gasteiger charge is 2.29. The van der Waals surface area contributed by atoms with E-state index in [0.29, 0.717) is 18.0 Å². The topological polar surface area (TPSA) is 55.8 Å². The lowest BCUT2D eigenvalue weighted by molar-refractivity contribution is -0.162. The number of allylic oxidation sites excluding steroid dienone is 1. The second-order valence-electron chi connectivity index (χ2n) is 8.66. The van der Waals surface area contributed by atoms with Gasteiger partial charge in [0.15, 0.2) is 6.29 Å². The summed E-state index contributed by atoms with van der Waals surface area (Å²) in [6.07, 6.45) is 7.40. The summed E-state index contributed by atoms with van der Waals surface area (Å²) in [5.74, 6) is 0.228. The van der Waals surface area contributed by atoms with Crippen LogP contribution in [0.5, 0.6) is 0 Å². The van der Waals surface area contributed by atoms with Crippen molar-refractivity contribution in [3.63, 3.8) is 0 Å². The lowest BCUT2D eigenvalue weighted by Crippen LogP contribution is -2.32. The first-order chi connectivity index (χ1) is 15.5. The molecule has 0 amide bonds. The quantitative estimate of drug-likeness (QED) is 0.502. The number of hydrogen-bond donors (Lipinski definition) is 0. The van der Waals surface area contributed by atoms with Crippen LogP contribution >= 0.6 is 0 Å². The van der Waals surface area contributed by atoms with Crippen molar-refractivity contribution in [2.24, 2.45) is 0 Å². The highest BCUT2D eigenvalue weighted by molar-refractivity contribution is 7.89. The van der Waals surface area contributed by atoms with Crippen molar-refractivity contribution in [1.29, 1.82) is 0 Å². The Kier molecular flexibility index (Phi) is 7.66. The lowest BCUT2D eigenvalue weighted by Gasteiger charge is -2.32. The number of rotatable bonds is 8. The smallest absolute Gasteiger partial charge is 0.263 e. The monoisotopic (exact) mass is 455 g/mol. The van der Waals surface area contributed by atoms with E-state index in [1.54, 1.807) is 12.1 Å². The van der Waals surface area contributed by atoms with Gasteiger partial charge in [0.1, 0.15) is 0 Å². The predicted molar refractivity (Wildman–Crippen MR) is 126 cm³/mol. The standard InChI is InChI=1S/C26H33NO4S/c1-21-12-14-24(15-13-21)32(28,29)27-17-16-25(22-8-3-2-4-9-22)23(20-27)10-7-19-31-26-11-5-6-18-30-26/h2-4,8-9,12-15,20,25-26H,5-7,10-11,16-19H2,1H3. The Labute approximate surface area is 192 Å². The van der Waals surface area contributed by atoms with Crippen LogP contribution in [-0.4, -0.2) is 38.8 Å². The van der Waals surface area contributed by atoms with Gasteiger partial charge >= 0.3 is 0 Å². The van der Waals surface area contributed by atoms with Crippen LogP contribution in [0.2, 0.25) is 0 Å². The molecular weight excluding hydrogens is 422 g/mol. The molecule has 2 aromatic carbocycles. The van der Waals surface area contributed by atoms with E-state index in [4.69, 9.17) is 9.47 Å².